The third-order valence-corrected chi connectivity index (χ3v) is 3.88. The molecule has 1 aromatic heterocycles. The Balaban J connectivity index is 1.64. The highest BCUT2D eigenvalue weighted by molar-refractivity contribution is 6.43. The molecule has 0 atom stereocenters. The summed E-state index contributed by atoms with van der Waals surface area (Å²) >= 11 is 0. The highest BCUT2D eigenvalue weighted by atomic mass is 16.2. The molecule has 7 heteroatoms. The highest BCUT2D eigenvalue weighted by Gasteiger charge is 2.22. The summed E-state index contributed by atoms with van der Waals surface area (Å²) in [4.78, 5) is 23.7. The Morgan fingerprint density at radius 1 is 1.21 bits per heavy atom. The average Bonchev–Trinajstić information content (AvgIpc) is 3.03. The molecule has 0 saturated heterocycles. The molecule has 1 aliphatic rings. The van der Waals surface area contributed by atoms with E-state index in [9.17, 15) is 9.59 Å². The summed E-state index contributed by atoms with van der Waals surface area (Å²) < 4.78 is 1.75. The van der Waals surface area contributed by atoms with Gasteiger partial charge in [0.05, 0.1) is 6.20 Å². The monoisotopic (exact) mass is 325 g/mol. The fourth-order valence-electron chi connectivity index (χ4n) is 2.52. The van der Waals surface area contributed by atoms with Crippen LogP contribution in [0, 0.1) is 0 Å². The van der Waals surface area contributed by atoms with E-state index in [4.69, 9.17) is 0 Å². The number of hydrazone groups is 1. The lowest BCUT2D eigenvalue weighted by Crippen LogP contribution is -2.34. The Hall–Kier alpha value is -2.96. The predicted molar refractivity (Wildman–Crippen MR) is 90.4 cm³/mol. The van der Waals surface area contributed by atoms with Crippen molar-refractivity contribution in [2.24, 2.45) is 5.10 Å². The first-order valence-corrected chi connectivity index (χ1v) is 7.84. The van der Waals surface area contributed by atoms with Gasteiger partial charge in [0.2, 0.25) is 5.91 Å². The van der Waals surface area contributed by atoms with Crippen molar-refractivity contribution in [3.8, 4) is 0 Å². The summed E-state index contributed by atoms with van der Waals surface area (Å²) in [6, 6.07) is 11.9. The smallest absolute Gasteiger partial charge is 0.273 e. The molecule has 0 spiro atoms. The molecule has 7 nitrogen and oxygen atoms in total. The number of aromatic nitrogens is 2. The summed E-state index contributed by atoms with van der Waals surface area (Å²) in [5.74, 6) is 0.244. The molecule has 1 N–H and O–H groups in total. The fourth-order valence-corrected chi connectivity index (χ4v) is 2.52. The van der Waals surface area contributed by atoms with Gasteiger partial charge in [0.1, 0.15) is 11.5 Å². The summed E-state index contributed by atoms with van der Waals surface area (Å²) in [5, 5.41) is 12.3. The number of carbonyl (C=O) groups excluding carboxylic acids is 2. The fraction of sp³-hybridized carbons (Fsp3) is 0.294. The zero-order chi connectivity index (χ0) is 16.9. The summed E-state index contributed by atoms with van der Waals surface area (Å²) in [5.41, 5.74) is 1.56. The third kappa shape index (κ3) is 3.68. The lowest BCUT2D eigenvalue weighted by Gasteiger charge is -2.19. The Morgan fingerprint density at radius 2 is 2.00 bits per heavy atom. The quantitative estimate of drug-likeness (QED) is 0.908. The number of rotatable bonds is 5. The van der Waals surface area contributed by atoms with Crippen LogP contribution in [0.25, 0.3) is 0 Å². The van der Waals surface area contributed by atoms with Gasteiger partial charge in [0.15, 0.2) is 0 Å². The second kappa shape index (κ2) is 7.08. The number of hydrogen-bond acceptors (Lipinski definition) is 4. The van der Waals surface area contributed by atoms with Gasteiger partial charge in [-0.15, -0.1) is 0 Å². The number of anilines is 1. The predicted octanol–water partition coefficient (Wildman–Crippen LogP) is 1.67. The third-order valence-electron chi connectivity index (χ3n) is 3.88. The second-order valence-corrected chi connectivity index (χ2v) is 5.59. The van der Waals surface area contributed by atoms with Crippen LogP contribution in [0.5, 0.6) is 0 Å². The SMILES string of the molecule is CN1N=C(C(=O)Nc2ccnn2CCc2ccccc2)CCC1=O. The van der Waals surface area contributed by atoms with Crippen LogP contribution in [-0.4, -0.2) is 39.4 Å². The van der Waals surface area contributed by atoms with E-state index in [-0.39, 0.29) is 11.8 Å². The Bertz CT molecular complexity index is 766. The van der Waals surface area contributed by atoms with E-state index >= 15 is 0 Å². The molecule has 3 rings (SSSR count). The molecule has 1 aromatic carbocycles. The molecular weight excluding hydrogens is 306 g/mol. The number of amides is 2. The molecule has 24 heavy (non-hydrogen) atoms. The first-order valence-electron chi connectivity index (χ1n) is 7.84. The number of carbonyl (C=O) groups is 2. The molecule has 0 fully saturated rings. The zero-order valence-electron chi connectivity index (χ0n) is 13.5. The van der Waals surface area contributed by atoms with Crippen LogP contribution in [0.1, 0.15) is 18.4 Å². The minimum atomic E-state index is -0.296. The minimum Gasteiger partial charge on any atom is -0.306 e. The van der Waals surface area contributed by atoms with Crippen molar-refractivity contribution in [2.45, 2.75) is 25.8 Å². The van der Waals surface area contributed by atoms with Gasteiger partial charge >= 0.3 is 0 Å². The van der Waals surface area contributed by atoms with Crippen LogP contribution in [0.4, 0.5) is 5.82 Å². The first kappa shape index (κ1) is 15.9. The van der Waals surface area contributed by atoms with Crippen molar-refractivity contribution in [1.82, 2.24) is 14.8 Å². The lowest BCUT2D eigenvalue weighted by atomic mass is 10.1. The molecule has 1 aliphatic heterocycles. The van der Waals surface area contributed by atoms with Crippen molar-refractivity contribution < 1.29 is 9.59 Å². The van der Waals surface area contributed by atoms with Gasteiger partial charge in [0.25, 0.3) is 5.91 Å². The number of aryl methyl sites for hydroxylation is 2. The number of benzene rings is 1. The van der Waals surface area contributed by atoms with Gasteiger partial charge in [-0.1, -0.05) is 30.3 Å². The van der Waals surface area contributed by atoms with Crippen molar-refractivity contribution in [2.75, 3.05) is 12.4 Å². The average molecular weight is 325 g/mol. The van der Waals surface area contributed by atoms with Gasteiger partial charge in [0, 0.05) is 32.5 Å². The zero-order valence-corrected chi connectivity index (χ0v) is 13.5. The molecule has 2 amide bonds. The molecule has 124 valence electrons. The maximum absolute atomic E-state index is 12.3. The van der Waals surface area contributed by atoms with Crippen molar-refractivity contribution in [3.05, 3.63) is 48.2 Å². The van der Waals surface area contributed by atoms with E-state index in [0.717, 1.165) is 6.42 Å². The summed E-state index contributed by atoms with van der Waals surface area (Å²) in [6.45, 7) is 0.664. The lowest BCUT2D eigenvalue weighted by molar-refractivity contribution is -0.130. The summed E-state index contributed by atoms with van der Waals surface area (Å²) in [6.07, 6.45) is 3.13. The van der Waals surface area contributed by atoms with Gasteiger partial charge in [-0.05, 0) is 12.0 Å². The van der Waals surface area contributed by atoms with Crippen LogP contribution in [-0.2, 0) is 22.6 Å². The van der Waals surface area contributed by atoms with Gasteiger partial charge in [-0.3, -0.25) is 9.59 Å². The maximum atomic E-state index is 12.3. The van der Waals surface area contributed by atoms with Crippen molar-refractivity contribution >= 4 is 23.3 Å². The standard InChI is InChI=1S/C17H19N5O2/c1-21-16(23)8-7-14(20-21)17(24)19-15-9-11-18-22(15)12-10-13-5-3-2-4-6-13/h2-6,9,11H,7-8,10,12H2,1H3,(H,19,24). The molecule has 2 heterocycles. The molecule has 0 bridgehead atoms. The Morgan fingerprint density at radius 3 is 2.75 bits per heavy atom. The van der Waals surface area contributed by atoms with E-state index in [2.05, 4.69) is 27.6 Å². The molecule has 0 aliphatic carbocycles. The van der Waals surface area contributed by atoms with E-state index in [1.807, 2.05) is 18.2 Å². The van der Waals surface area contributed by atoms with Gasteiger partial charge < -0.3 is 5.32 Å². The van der Waals surface area contributed by atoms with Crippen molar-refractivity contribution in [1.29, 1.82) is 0 Å². The normalized spacial score (nSPS) is 14.5. The number of nitrogens with zero attached hydrogens (tertiary/aromatic N) is 4. The number of nitrogens with one attached hydrogen (secondary N) is 1. The van der Waals surface area contributed by atoms with E-state index < -0.39 is 0 Å². The van der Waals surface area contributed by atoms with Crippen LogP contribution in [0.3, 0.4) is 0 Å². The van der Waals surface area contributed by atoms with Crippen LogP contribution in [0.2, 0.25) is 0 Å². The Labute approximate surface area is 140 Å². The van der Waals surface area contributed by atoms with E-state index in [0.29, 0.717) is 30.9 Å². The minimum absolute atomic E-state index is 0.0838. The van der Waals surface area contributed by atoms with Gasteiger partial charge in [-0.2, -0.15) is 10.2 Å². The second-order valence-electron chi connectivity index (χ2n) is 5.59. The van der Waals surface area contributed by atoms with Crippen LogP contribution in [0.15, 0.2) is 47.7 Å². The topological polar surface area (TPSA) is 79.6 Å². The number of hydrogen-bond donors (Lipinski definition) is 1. The van der Waals surface area contributed by atoms with Crippen molar-refractivity contribution in [3.63, 3.8) is 0 Å². The molecule has 2 aromatic rings. The van der Waals surface area contributed by atoms with E-state index in [1.54, 1.807) is 24.0 Å². The largest absolute Gasteiger partial charge is 0.306 e. The van der Waals surface area contributed by atoms with Gasteiger partial charge in [-0.25, -0.2) is 9.69 Å². The summed E-state index contributed by atoms with van der Waals surface area (Å²) in [7, 11) is 1.55. The molecule has 0 unspecified atom stereocenters. The van der Waals surface area contributed by atoms with Crippen LogP contribution < -0.4 is 5.32 Å². The highest BCUT2D eigenvalue weighted by Crippen LogP contribution is 2.12. The molecule has 0 radical (unpaired) electrons. The maximum Gasteiger partial charge on any atom is 0.273 e. The van der Waals surface area contributed by atoms with E-state index in [1.165, 1.54) is 10.6 Å². The Kier molecular flexibility index (Phi) is 4.69. The molecular formula is C17H19N5O2. The molecule has 0 saturated carbocycles. The first-order chi connectivity index (χ1) is 11.6. The van der Waals surface area contributed by atoms with Crippen LogP contribution >= 0.6 is 0 Å².